The van der Waals surface area contributed by atoms with Crippen LogP contribution in [0.4, 0.5) is 0 Å². The van der Waals surface area contributed by atoms with E-state index in [1.54, 1.807) is 17.1 Å². The number of aryl methyl sites for hydroxylation is 1. The van der Waals surface area contributed by atoms with Gasteiger partial charge in [0.05, 0.1) is 12.5 Å². The summed E-state index contributed by atoms with van der Waals surface area (Å²) in [6, 6.07) is 0. The minimum atomic E-state index is -0.0555. The molecule has 1 aromatic rings. The van der Waals surface area contributed by atoms with Gasteiger partial charge >= 0.3 is 0 Å². The van der Waals surface area contributed by atoms with E-state index in [0.717, 1.165) is 5.92 Å². The van der Waals surface area contributed by atoms with Crippen molar-refractivity contribution in [2.75, 3.05) is 6.54 Å². The molecule has 1 fully saturated rings. The van der Waals surface area contributed by atoms with Crippen LogP contribution in [-0.2, 0) is 7.05 Å². The third kappa shape index (κ3) is 2.59. The van der Waals surface area contributed by atoms with Crippen molar-refractivity contribution >= 4 is 21.8 Å². The molecule has 0 radical (unpaired) electrons. The first kappa shape index (κ1) is 10.7. The third-order valence-electron chi connectivity index (χ3n) is 2.64. The average Bonchev–Trinajstić information content (AvgIpc) is 2.98. The number of nitrogens with zero attached hydrogens (tertiary/aromatic N) is 2. The summed E-state index contributed by atoms with van der Waals surface area (Å²) in [5.41, 5.74) is 0.602. The molecule has 1 aromatic heterocycles. The SMILES string of the molecule is Cn1cncc1C(=O)NCC(Br)C1CC1. The number of carbonyl (C=O) groups is 1. The molecule has 15 heavy (non-hydrogen) atoms. The predicted octanol–water partition coefficient (Wildman–Crippen LogP) is 1.32. The Hall–Kier alpha value is -0.840. The van der Waals surface area contributed by atoms with Crippen molar-refractivity contribution in [2.24, 2.45) is 13.0 Å². The van der Waals surface area contributed by atoms with E-state index in [-0.39, 0.29) is 5.91 Å². The van der Waals surface area contributed by atoms with E-state index >= 15 is 0 Å². The van der Waals surface area contributed by atoms with Crippen LogP contribution in [0.1, 0.15) is 23.3 Å². The van der Waals surface area contributed by atoms with Crippen molar-refractivity contribution in [2.45, 2.75) is 17.7 Å². The first-order valence-corrected chi connectivity index (χ1v) is 5.98. The molecule has 0 aromatic carbocycles. The smallest absolute Gasteiger partial charge is 0.269 e. The van der Waals surface area contributed by atoms with Gasteiger partial charge in [0.1, 0.15) is 5.69 Å². The van der Waals surface area contributed by atoms with Gasteiger partial charge in [0.15, 0.2) is 0 Å². The zero-order valence-electron chi connectivity index (χ0n) is 8.61. The lowest BCUT2D eigenvalue weighted by atomic mass is 10.3. The van der Waals surface area contributed by atoms with Crippen LogP contribution in [0, 0.1) is 5.92 Å². The lowest BCUT2D eigenvalue weighted by Gasteiger charge is -2.09. The summed E-state index contributed by atoms with van der Waals surface area (Å²) in [6.07, 6.45) is 5.76. The highest BCUT2D eigenvalue weighted by Gasteiger charge is 2.29. The molecule has 1 unspecified atom stereocenters. The van der Waals surface area contributed by atoms with Crippen LogP contribution in [0.2, 0.25) is 0 Å². The molecular weight excluding hydrogens is 258 g/mol. The Morgan fingerprint density at radius 1 is 1.80 bits per heavy atom. The molecule has 2 rings (SSSR count). The zero-order valence-corrected chi connectivity index (χ0v) is 10.2. The Kier molecular flexibility index (Phi) is 3.09. The molecule has 1 aliphatic carbocycles. The van der Waals surface area contributed by atoms with Crippen LogP contribution < -0.4 is 5.32 Å². The van der Waals surface area contributed by atoms with Crippen LogP contribution in [0.3, 0.4) is 0 Å². The highest BCUT2D eigenvalue weighted by atomic mass is 79.9. The van der Waals surface area contributed by atoms with Gasteiger partial charge in [-0.05, 0) is 18.8 Å². The molecule has 1 amide bonds. The molecule has 0 aliphatic heterocycles. The molecule has 0 spiro atoms. The van der Waals surface area contributed by atoms with Gasteiger partial charge < -0.3 is 9.88 Å². The minimum Gasteiger partial charge on any atom is -0.350 e. The van der Waals surface area contributed by atoms with Crippen molar-refractivity contribution in [1.82, 2.24) is 14.9 Å². The lowest BCUT2D eigenvalue weighted by molar-refractivity contribution is 0.0945. The van der Waals surface area contributed by atoms with E-state index in [1.165, 1.54) is 12.8 Å². The van der Waals surface area contributed by atoms with Gasteiger partial charge in [-0.25, -0.2) is 4.98 Å². The maximum atomic E-state index is 11.7. The Morgan fingerprint density at radius 3 is 3.07 bits per heavy atom. The molecule has 1 N–H and O–H groups in total. The fraction of sp³-hybridized carbons (Fsp3) is 0.600. The molecule has 1 aliphatic rings. The molecule has 0 saturated heterocycles. The maximum absolute atomic E-state index is 11.7. The second-order valence-corrected chi connectivity index (χ2v) is 5.13. The fourth-order valence-electron chi connectivity index (χ4n) is 1.48. The van der Waals surface area contributed by atoms with Gasteiger partial charge in [-0.3, -0.25) is 4.79 Å². The predicted molar refractivity (Wildman–Crippen MR) is 61.0 cm³/mol. The van der Waals surface area contributed by atoms with Gasteiger partial charge in [-0.15, -0.1) is 0 Å². The summed E-state index contributed by atoms with van der Waals surface area (Å²) in [7, 11) is 1.81. The Labute approximate surface area is 97.2 Å². The topological polar surface area (TPSA) is 46.9 Å². The van der Waals surface area contributed by atoms with E-state index in [0.29, 0.717) is 17.1 Å². The molecule has 4 nitrogen and oxygen atoms in total. The quantitative estimate of drug-likeness (QED) is 0.840. The van der Waals surface area contributed by atoms with Gasteiger partial charge in [-0.2, -0.15) is 0 Å². The van der Waals surface area contributed by atoms with Crippen LogP contribution in [0.25, 0.3) is 0 Å². The van der Waals surface area contributed by atoms with Crippen molar-refractivity contribution < 1.29 is 4.79 Å². The number of nitrogens with one attached hydrogen (secondary N) is 1. The number of aromatic nitrogens is 2. The van der Waals surface area contributed by atoms with E-state index < -0.39 is 0 Å². The lowest BCUT2D eigenvalue weighted by Crippen LogP contribution is -2.31. The van der Waals surface area contributed by atoms with Crippen LogP contribution in [0.15, 0.2) is 12.5 Å². The van der Waals surface area contributed by atoms with Crippen LogP contribution in [0.5, 0.6) is 0 Å². The van der Waals surface area contributed by atoms with E-state index in [4.69, 9.17) is 0 Å². The zero-order chi connectivity index (χ0) is 10.8. The first-order chi connectivity index (χ1) is 7.18. The summed E-state index contributed by atoms with van der Waals surface area (Å²) in [5, 5.41) is 2.90. The number of amides is 1. The number of carbonyl (C=O) groups excluding carboxylic acids is 1. The summed E-state index contributed by atoms with van der Waals surface area (Å²) in [6.45, 7) is 0.689. The number of hydrogen-bond donors (Lipinski definition) is 1. The molecule has 5 heteroatoms. The second kappa shape index (κ2) is 4.35. The van der Waals surface area contributed by atoms with Crippen molar-refractivity contribution in [3.05, 3.63) is 18.2 Å². The number of halogens is 1. The first-order valence-electron chi connectivity index (χ1n) is 5.07. The summed E-state index contributed by atoms with van der Waals surface area (Å²) >= 11 is 3.58. The van der Waals surface area contributed by atoms with Crippen molar-refractivity contribution in [1.29, 1.82) is 0 Å². The Balaban J connectivity index is 1.84. The summed E-state index contributed by atoms with van der Waals surface area (Å²) < 4.78 is 1.72. The van der Waals surface area contributed by atoms with E-state index in [2.05, 4.69) is 26.2 Å². The summed E-state index contributed by atoms with van der Waals surface area (Å²) in [5.74, 6) is 0.692. The molecule has 1 saturated carbocycles. The number of alkyl halides is 1. The highest BCUT2D eigenvalue weighted by molar-refractivity contribution is 9.09. The second-order valence-electron chi connectivity index (χ2n) is 3.95. The summed E-state index contributed by atoms with van der Waals surface area (Å²) in [4.78, 5) is 16.0. The molecule has 0 bridgehead atoms. The largest absolute Gasteiger partial charge is 0.350 e. The van der Waals surface area contributed by atoms with Gasteiger partial charge in [0.2, 0.25) is 0 Å². The molecule has 1 atom stereocenters. The maximum Gasteiger partial charge on any atom is 0.269 e. The standard InChI is InChI=1S/C10H14BrN3O/c1-14-6-12-5-9(14)10(15)13-4-8(11)7-2-3-7/h5-8H,2-4H2,1H3,(H,13,15). The van der Waals surface area contributed by atoms with Gasteiger partial charge in [0.25, 0.3) is 5.91 Å². The number of rotatable bonds is 4. The highest BCUT2D eigenvalue weighted by Crippen LogP contribution is 2.36. The fourth-order valence-corrected chi connectivity index (χ4v) is 2.17. The van der Waals surface area contributed by atoms with Crippen molar-refractivity contribution in [3.8, 4) is 0 Å². The normalized spacial score (nSPS) is 17.5. The van der Waals surface area contributed by atoms with E-state index in [9.17, 15) is 4.79 Å². The Morgan fingerprint density at radius 2 is 2.53 bits per heavy atom. The van der Waals surface area contributed by atoms with Crippen LogP contribution in [-0.4, -0.2) is 26.8 Å². The molecule has 82 valence electrons. The minimum absolute atomic E-state index is 0.0555. The van der Waals surface area contributed by atoms with Gasteiger partial charge in [0, 0.05) is 18.4 Å². The molecule has 1 heterocycles. The number of hydrogen-bond acceptors (Lipinski definition) is 2. The van der Waals surface area contributed by atoms with Gasteiger partial charge in [-0.1, -0.05) is 15.9 Å². The molecular formula is C10H14BrN3O. The van der Waals surface area contributed by atoms with E-state index in [1.807, 2.05) is 7.05 Å². The van der Waals surface area contributed by atoms with Crippen LogP contribution >= 0.6 is 15.9 Å². The third-order valence-corrected chi connectivity index (χ3v) is 3.71. The monoisotopic (exact) mass is 271 g/mol. The average molecular weight is 272 g/mol. The number of imidazole rings is 1. The Bertz CT molecular complexity index is 359. The van der Waals surface area contributed by atoms with Crippen molar-refractivity contribution in [3.63, 3.8) is 0 Å².